The summed E-state index contributed by atoms with van der Waals surface area (Å²) in [6.45, 7) is 5.37. The smallest absolute Gasteiger partial charge is 0.321 e. The van der Waals surface area contributed by atoms with Crippen molar-refractivity contribution in [2.24, 2.45) is 0 Å². The Morgan fingerprint density at radius 2 is 2.21 bits per heavy atom. The zero-order valence-electron chi connectivity index (χ0n) is 8.18. The maximum Gasteiger partial charge on any atom is 0.321 e. The van der Waals surface area contributed by atoms with E-state index in [0.717, 1.165) is 0 Å². The van der Waals surface area contributed by atoms with Crippen molar-refractivity contribution < 1.29 is 9.59 Å². The van der Waals surface area contributed by atoms with E-state index in [1.807, 2.05) is 6.92 Å². The summed E-state index contributed by atoms with van der Waals surface area (Å²) < 4.78 is 0. The fourth-order valence-electron chi connectivity index (χ4n) is 0.844. The fourth-order valence-corrected chi connectivity index (χ4v) is 1.02. The quantitative estimate of drug-likeness (QED) is 0.542. The predicted octanol–water partition coefficient (Wildman–Crippen LogP) is 1.41. The van der Waals surface area contributed by atoms with Crippen molar-refractivity contribution >= 4 is 23.5 Å². The van der Waals surface area contributed by atoms with Gasteiger partial charge in [0, 0.05) is 18.3 Å². The molecular weight excluding hydrogens is 204 g/mol. The number of halogens is 1. The Morgan fingerprint density at radius 3 is 2.71 bits per heavy atom. The second-order valence-electron chi connectivity index (χ2n) is 2.89. The maximum absolute atomic E-state index is 11.1. The third kappa shape index (κ3) is 6.48. The summed E-state index contributed by atoms with van der Waals surface area (Å²) in [4.78, 5) is 22.0. The lowest BCUT2D eigenvalue weighted by molar-refractivity contribution is -0.119. The van der Waals surface area contributed by atoms with Gasteiger partial charge in [0.05, 0.1) is 0 Å². The molecule has 80 valence electrons. The van der Waals surface area contributed by atoms with Gasteiger partial charge in [0.15, 0.2) is 0 Å². The highest BCUT2D eigenvalue weighted by Gasteiger charge is 2.08. The first-order valence-corrected chi connectivity index (χ1v) is 4.90. The molecule has 14 heavy (non-hydrogen) atoms. The molecule has 0 aliphatic heterocycles. The Bertz CT molecular complexity index is 219. The van der Waals surface area contributed by atoms with Crippen molar-refractivity contribution in [1.82, 2.24) is 10.6 Å². The van der Waals surface area contributed by atoms with Crippen molar-refractivity contribution in [1.29, 1.82) is 0 Å². The van der Waals surface area contributed by atoms with Crippen LogP contribution in [0.15, 0.2) is 12.7 Å². The molecule has 4 nitrogen and oxygen atoms in total. The molecule has 1 atom stereocenters. The molecule has 2 N–H and O–H groups in total. The Kier molecular flexibility index (Phi) is 6.84. The average Bonchev–Trinajstić information content (AvgIpc) is 2.03. The van der Waals surface area contributed by atoms with Crippen LogP contribution in [0.3, 0.4) is 0 Å². The summed E-state index contributed by atoms with van der Waals surface area (Å²) in [7, 11) is 0. The number of amides is 3. The van der Waals surface area contributed by atoms with Crippen LogP contribution in [-0.2, 0) is 4.79 Å². The van der Waals surface area contributed by atoms with E-state index >= 15 is 0 Å². The van der Waals surface area contributed by atoms with Gasteiger partial charge in [-0.05, 0) is 13.3 Å². The minimum atomic E-state index is -0.491. The molecule has 0 rings (SSSR count). The molecule has 0 aliphatic rings. The number of hydrogen-bond acceptors (Lipinski definition) is 2. The number of urea groups is 1. The summed E-state index contributed by atoms with van der Waals surface area (Å²) in [5, 5.41) is 4.75. The molecule has 0 aromatic carbocycles. The van der Waals surface area contributed by atoms with E-state index in [9.17, 15) is 9.59 Å². The second kappa shape index (κ2) is 7.38. The Balaban J connectivity index is 3.74. The number of carbonyl (C=O) groups excluding carboxylic acids is 2. The van der Waals surface area contributed by atoms with Crippen LogP contribution >= 0.6 is 11.6 Å². The van der Waals surface area contributed by atoms with Crippen LogP contribution in [-0.4, -0.2) is 23.9 Å². The second-order valence-corrected chi connectivity index (χ2v) is 3.26. The van der Waals surface area contributed by atoms with Crippen LogP contribution < -0.4 is 10.6 Å². The van der Waals surface area contributed by atoms with E-state index in [2.05, 4.69) is 17.2 Å². The van der Waals surface area contributed by atoms with Crippen molar-refractivity contribution in [3.8, 4) is 0 Å². The van der Waals surface area contributed by atoms with Crippen LogP contribution in [0.2, 0.25) is 0 Å². The van der Waals surface area contributed by atoms with Crippen LogP contribution in [0, 0.1) is 0 Å². The van der Waals surface area contributed by atoms with E-state index < -0.39 is 6.03 Å². The minimum absolute atomic E-state index is 0.0312. The van der Waals surface area contributed by atoms with Crippen molar-refractivity contribution in [2.75, 3.05) is 5.88 Å². The molecule has 0 fully saturated rings. The fraction of sp³-hybridized carbons (Fsp3) is 0.556. The van der Waals surface area contributed by atoms with Gasteiger partial charge in [-0.15, -0.1) is 18.2 Å². The van der Waals surface area contributed by atoms with E-state index in [0.29, 0.717) is 6.42 Å². The van der Waals surface area contributed by atoms with Gasteiger partial charge in [-0.2, -0.15) is 0 Å². The summed E-state index contributed by atoms with van der Waals surface area (Å²) >= 11 is 5.33. The highest BCUT2D eigenvalue weighted by atomic mass is 35.5. The average molecular weight is 219 g/mol. The monoisotopic (exact) mass is 218 g/mol. The molecule has 0 aromatic heterocycles. The lowest BCUT2D eigenvalue weighted by atomic mass is 10.2. The van der Waals surface area contributed by atoms with Crippen LogP contribution in [0.5, 0.6) is 0 Å². The molecule has 1 unspecified atom stereocenters. The normalized spacial score (nSPS) is 11.6. The summed E-state index contributed by atoms with van der Waals surface area (Å²) in [5.74, 6) is -0.162. The lowest BCUT2D eigenvalue weighted by Gasteiger charge is -2.11. The van der Waals surface area contributed by atoms with Gasteiger partial charge in [-0.1, -0.05) is 6.08 Å². The van der Waals surface area contributed by atoms with E-state index in [4.69, 9.17) is 11.6 Å². The SMILES string of the molecule is C=CCC(C)NC(=O)NC(=O)CCCl. The Hall–Kier alpha value is -1.03. The summed E-state index contributed by atoms with van der Waals surface area (Å²) in [6, 6.07) is -0.522. The van der Waals surface area contributed by atoms with Gasteiger partial charge in [-0.3, -0.25) is 10.1 Å². The summed E-state index contributed by atoms with van der Waals surface area (Å²) in [5.41, 5.74) is 0. The van der Waals surface area contributed by atoms with Gasteiger partial charge >= 0.3 is 6.03 Å². The highest BCUT2D eigenvalue weighted by Crippen LogP contribution is 1.90. The van der Waals surface area contributed by atoms with E-state index in [-0.39, 0.29) is 24.2 Å². The van der Waals surface area contributed by atoms with Gasteiger partial charge in [0.1, 0.15) is 0 Å². The summed E-state index contributed by atoms with van der Waals surface area (Å²) in [6.07, 6.45) is 2.51. The Morgan fingerprint density at radius 1 is 1.57 bits per heavy atom. The number of nitrogens with one attached hydrogen (secondary N) is 2. The predicted molar refractivity (Wildman–Crippen MR) is 56.3 cm³/mol. The first-order valence-electron chi connectivity index (χ1n) is 4.37. The van der Waals surface area contributed by atoms with E-state index in [1.165, 1.54) is 0 Å². The first kappa shape index (κ1) is 13.0. The molecule has 0 saturated carbocycles. The molecule has 3 amide bonds. The molecule has 0 aromatic rings. The molecule has 0 heterocycles. The standard InChI is InChI=1S/C9H15ClN2O2/c1-3-4-7(2)11-9(14)12-8(13)5-6-10/h3,7H,1,4-6H2,2H3,(H2,11,12,13,14). The van der Waals surface area contributed by atoms with E-state index in [1.54, 1.807) is 6.08 Å². The number of alkyl halides is 1. The van der Waals surface area contributed by atoms with Gasteiger partial charge in [-0.25, -0.2) is 4.79 Å². The van der Waals surface area contributed by atoms with Crippen molar-refractivity contribution in [3.05, 3.63) is 12.7 Å². The third-order valence-corrected chi connectivity index (χ3v) is 1.66. The zero-order chi connectivity index (χ0) is 11.0. The number of rotatable bonds is 5. The number of carbonyl (C=O) groups is 2. The molecule has 0 spiro atoms. The molecule has 0 bridgehead atoms. The van der Waals surface area contributed by atoms with Gasteiger partial charge in [0.25, 0.3) is 0 Å². The molecule has 0 radical (unpaired) electrons. The topological polar surface area (TPSA) is 58.2 Å². The number of imide groups is 1. The number of hydrogen-bond donors (Lipinski definition) is 2. The maximum atomic E-state index is 11.1. The molecule has 0 saturated heterocycles. The van der Waals surface area contributed by atoms with Gasteiger partial charge < -0.3 is 5.32 Å². The third-order valence-electron chi connectivity index (χ3n) is 1.47. The lowest BCUT2D eigenvalue weighted by Crippen LogP contribution is -2.43. The molecule has 0 aliphatic carbocycles. The van der Waals surface area contributed by atoms with Crippen molar-refractivity contribution in [2.45, 2.75) is 25.8 Å². The molecular formula is C9H15ClN2O2. The van der Waals surface area contributed by atoms with Crippen LogP contribution in [0.25, 0.3) is 0 Å². The van der Waals surface area contributed by atoms with Crippen LogP contribution in [0.4, 0.5) is 4.79 Å². The highest BCUT2D eigenvalue weighted by molar-refractivity contribution is 6.19. The first-order chi connectivity index (χ1) is 6.60. The minimum Gasteiger partial charge on any atom is -0.335 e. The largest absolute Gasteiger partial charge is 0.335 e. The Labute approximate surface area is 88.7 Å². The van der Waals surface area contributed by atoms with Crippen LogP contribution in [0.1, 0.15) is 19.8 Å². The molecule has 5 heteroatoms. The van der Waals surface area contributed by atoms with Crippen molar-refractivity contribution in [3.63, 3.8) is 0 Å². The zero-order valence-corrected chi connectivity index (χ0v) is 8.93. The van der Waals surface area contributed by atoms with Gasteiger partial charge in [0.2, 0.25) is 5.91 Å².